The van der Waals surface area contributed by atoms with Gasteiger partial charge in [0.25, 0.3) is 0 Å². The summed E-state index contributed by atoms with van der Waals surface area (Å²) in [7, 11) is 1.57. The number of methoxy groups -OCH3 is 1. The molecule has 0 fully saturated rings. The maximum atomic E-state index is 11.4. The van der Waals surface area contributed by atoms with Crippen LogP contribution in [0.5, 0.6) is 11.5 Å². The number of carboxylic acids is 1. The van der Waals surface area contributed by atoms with Crippen LogP contribution in [-0.4, -0.2) is 35.4 Å². The largest absolute Gasteiger partial charge is 0.493 e. The number of aromatic nitrogens is 1. The van der Waals surface area contributed by atoms with E-state index >= 15 is 0 Å². The van der Waals surface area contributed by atoms with Gasteiger partial charge in [0.2, 0.25) is 5.89 Å². The van der Waals surface area contributed by atoms with Crippen LogP contribution in [0.4, 0.5) is 0 Å². The van der Waals surface area contributed by atoms with Crippen molar-refractivity contribution >= 4 is 5.97 Å². The molecule has 0 unspecified atom stereocenters. The van der Waals surface area contributed by atoms with E-state index in [1.165, 1.54) is 13.8 Å². The molecule has 0 aliphatic heterocycles. The first-order chi connectivity index (χ1) is 14.8. The lowest BCUT2D eigenvalue weighted by molar-refractivity contribution is -0.152. The van der Waals surface area contributed by atoms with Gasteiger partial charge in [0.15, 0.2) is 5.60 Å². The van der Waals surface area contributed by atoms with Crippen molar-refractivity contribution in [1.82, 2.24) is 4.98 Å². The summed E-state index contributed by atoms with van der Waals surface area (Å²) in [5.41, 5.74) is 1.13. The Hall–Kier alpha value is -3.32. The highest BCUT2D eigenvalue weighted by Crippen LogP contribution is 2.29. The molecule has 2 aromatic carbocycles. The minimum absolute atomic E-state index is 0.269. The van der Waals surface area contributed by atoms with E-state index in [0.29, 0.717) is 36.0 Å². The van der Waals surface area contributed by atoms with Crippen molar-refractivity contribution in [3.05, 3.63) is 65.5 Å². The monoisotopic (exact) mass is 425 g/mol. The zero-order chi connectivity index (χ0) is 22.4. The van der Waals surface area contributed by atoms with Crippen molar-refractivity contribution < 1.29 is 28.5 Å². The first-order valence-corrected chi connectivity index (χ1v) is 9.99. The first kappa shape index (κ1) is 22.4. The third kappa shape index (κ3) is 5.64. The molecule has 0 aliphatic rings. The highest BCUT2D eigenvalue weighted by atomic mass is 16.5. The van der Waals surface area contributed by atoms with Crippen LogP contribution < -0.4 is 9.47 Å². The molecule has 164 valence electrons. The molecule has 1 N–H and O–H groups in total. The second-order valence-corrected chi connectivity index (χ2v) is 7.61. The second-order valence-electron chi connectivity index (χ2n) is 7.61. The van der Waals surface area contributed by atoms with E-state index < -0.39 is 11.6 Å². The molecule has 1 aromatic heterocycles. The fourth-order valence-corrected chi connectivity index (χ4v) is 2.96. The Labute approximate surface area is 181 Å². The van der Waals surface area contributed by atoms with Gasteiger partial charge in [-0.25, -0.2) is 9.78 Å². The zero-order valence-electron chi connectivity index (χ0n) is 18.2. The van der Waals surface area contributed by atoms with E-state index in [2.05, 4.69) is 4.98 Å². The van der Waals surface area contributed by atoms with Gasteiger partial charge in [-0.2, -0.15) is 0 Å². The van der Waals surface area contributed by atoms with Crippen LogP contribution in [0.25, 0.3) is 11.5 Å². The summed E-state index contributed by atoms with van der Waals surface area (Å²) in [6, 6.07) is 15.0. The predicted molar refractivity (Wildman–Crippen MR) is 115 cm³/mol. The standard InChI is InChI=1S/C24H27NO6/c1-16-20(25-22(30-16)17-8-6-5-7-9-17)12-13-29-19-10-11-21(18(14-19)15-28-4)31-24(2,3)23(26)27/h5-11,14H,12-13,15H2,1-4H3,(H,26,27). The van der Waals surface area contributed by atoms with Crippen LogP contribution in [0.15, 0.2) is 52.9 Å². The summed E-state index contributed by atoms with van der Waals surface area (Å²) in [5.74, 6) is 1.40. The highest BCUT2D eigenvalue weighted by molar-refractivity contribution is 5.76. The van der Waals surface area contributed by atoms with Crippen molar-refractivity contribution in [2.75, 3.05) is 13.7 Å². The van der Waals surface area contributed by atoms with Gasteiger partial charge in [-0.1, -0.05) is 18.2 Å². The normalized spacial score (nSPS) is 11.4. The van der Waals surface area contributed by atoms with Gasteiger partial charge in [0.1, 0.15) is 17.3 Å². The molecule has 7 nitrogen and oxygen atoms in total. The number of carbonyl (C=O) groups is 1. The molecular formula is C24H27NO6. The number of aliphatic carboxylic acids is 1. The Morgan fingerprint density at radius 1 is 1.16 bits per heavy atom. The van der Waals surface area contributed by atoms with Crippen LogP contribution in [0.2, 0.25) is 0 Å². The zero-order valence-corrected chi connectivity index (χ0v) is 18.2. The lowest BCUT2D eigenvalue weighted by Crippen LogP contribution is -2.38. The van der Waals surface area contributed by atoms with Crippen molar-refractivity contribution in [2.45, 2.75) is 39.4 Å². The molecule has 0 saturated carbocycles. The molecule has 0 radical (unpaired) electrons. The summed E-state index contributed by atoms with van der Waals surface area (Å²) in [6.45, 7) is 5.57. The van der Waals surface area contributed by atoms with Crippen molar-refractivity contribution in [3.63, 3.8) is 0 Å². The smallest absolute Gasteiger partial charge is 0.347 e. The number of rotatable bonds is 10. The Morgan fingerprint density at radius 3 is 2.58 bits per heavy atom. The summed E-state index contributed by atoms with van der Waals surface area (Å²) in [4.78, 5) is 15.9. The predicted octanol–water partition coefficient (Wildman–Crippen LogP) is 4.66. The first-order valence-electron chi connectivity index (χ1n) is 9.99. The highest BCUT2D eigenvalue weighted by Gasteiger charge is 2.30. The van der Waals surface area contributed by atoms with Gasteiger partial charge >= 0.3 is 5.97 Å². The fraction of sp³-hybridized carbons (Fsp3) is 0.333. The third-order valence-corrected chi connectivity index (χ3v) is 4.73. The van der Waals surface area contributed by atoms with E-state index in [1.807, 2.05) is 37.3 Å². The molecule has 3 rings (SSSR count). The Bertz CT molecular complexity index is 1030. The maximum Gasteiger partial charge on any atom is 0.347 e. The fourth-order valence-electron chi connectivity index (χ4n) is 2.96. The molecule has 0 bridgehead atoms. The lowest BCUT2D eigenvalue weighted by atomic mass is 10.1. The molecule has 7 heteroatoms. The van der Waals surface area contributed by atoms with Crippen LogP contribution in [-0.2, 0) is 22.6 Å². The Morgan fingerprint density at radius 2 is 1.90 bits per heavy atom. The van der Waals surface area contributed by atoms with Crippen molar-refractivity contribution in [3.8, 4) is 23.0 Å². The van der Waals surface area contributed by atoms with Crippen LogP contribution >= 0.6 is 0 Å². The Kier molecular flexibility index (Phi) is 6.97. The summed E-state index contributed by atoms with van der Waals surface area (Å²) in [6.07, 6.45) is 0.589. The van der Waals surface area contributed by atoms with Gasteiger partial charge < -0.3 is 23.7 Å². The quantitative estimate of drug-likeness (QED) is 0.505. The number of hydrogen-bond acceptors (Lipinski definition) is 6. The minimum atomic E-state index is -1.36. The summed E-state index contributed by atoms with van der Waals surface area (Å²) >= 11 is 0. The number of nitrogens with zero attached hydrogens (tertiary/aromatic N) is 1. The molecule has 3 aromatic rings. The molecule has 0 aliphatic carbocycles. The van der Waals surface area contributed by atoms with Crippen LogP contribution in [0.3, 0.4) is 0 Å². The van der Waals surface area contributed by atoms with Crippen LogP contribution in [0.1, 0.15) is 30.9 Å². The number of oxazole rings is 1. The minimum Gasteiger partial charge on any atom is -0.493 e. The molecular weight excluding hydrogens is 398 g/mol. The van der Waals surface area contributed by atoms with E-state index in [0.717, 1.165) is 17.0 Å². The van der Waals surface area contributed by atoms with Crippen molar-refractivity contribution in [2.24, 2.45) is 0 Å². The van der Waals surface area contributed by atoms with Gasteiger partial charge in [-0.05, 0) is 51.1 Å². The molecule has 31 heavy (non-hydrogen) atoms. The summed E-state index contributed by atoms with van der Waals surface area (Å²) < 4.78 is 22.6. The maximum absolute atomic E-state index is 11.4. The van der Waals surface area contributed by atoms with Gasteiger partial charge in [0, 0.05) is 24.7 Å². The number of carboxylic acid groups (broad SMARTS) is 1. The molecule has 0 amide bonds. The van der Waals surface area contributed by atoms with E-state index in [1.54, 1.807) is 25.3 Å². The SMILES string of the molecule is COCc1cc(OCCc2nc(-c3ccccc3)oc2C)ccc1OC(C)(C)C(=O)O. The van der Waals surface area contributed by atoms with Gasteiger partial charge in [-0.3, -0.25) is 0 Å². The number of ether oxygens (including phenoxy) is 3. The molecule has 0 atom stereocenters. The number of hydrogen-bond donors (Lipinski definition) is 1. The van der Waals surface area contributed by atoms with Gasteiger partial charge in [0.05, 0.1) is 18.9 Å². The number of aryl methyl sites for hydroxylation is 1. The number of benzene rings is 2. The van der Waals surface area contributed by atoms with Gasteiger partial charge in [-0.15, -0.1) is 0 Å². The average molecular weight is 425 g/mol. The topological polar surface area (TPSA) is 91.0 Å². The van der Waals surface area contributed by atoms with E-state index in [-0.39, 0.29) is 6.61 Å². The van der Waals surface area contributed by atoms with Crippen molar-refractivity contribution in [1.29, 1.82) is 0 Å². The molecule has 0 saturated heterocycles. The Balaban J connectivity index is 1.66. The molecule has 0 spiro atoms. The summed E-state index contributed by atoms with van der Waals surface area (Å²) in [5, 5.41) is 9.30. The second kappa shape index (κ2) is 9.66. The third-order valence-electron chi connectivity index (χ3n) is 4.73. The van der Waals surface area contributed by atoms with Crippen LogP contribution in [0, 0.1) is 6.92 Å². The molecule has 1 heterocycles. The average Bonchev–Trinajstić information content (AvgIpc) is 3.11. The van der Waals surface area contributed by atoms with E-state index in [9.17, 15) is 9.90 Å². The lowest BCUT2D eigenvalue weighted by Gasteiger charge is -2.23. The van der Waals surface area contributed by atoms with E-state index in [4.69, 9.17) is 18.6 Å².